The number of alkyl halides is 1. The molecular weight excluding hydrogens is 347 g/mol. The summed E-state index contributed by atoms with van der Waals surface area (Å²) in [5.74, 6) is -0.626. The highest BCUT2D eigenvalue weighted by Gasteiger charge is 2.65. The zero-order chi connectivity index (χ0) is 19.7. The molecule has 0 heterocycles. The second-order valence-electron chi connectivity index (χ2n) is 9.71. The van der Waals surface area contributed by atoms with Crippen LogP contribution in [0.5, 0.6) is 0 Å². The number of hydrogen-bond donors (Lipinski definition) is 2. The highest BCUT2D eigenvalue weighted by Crippen LogP contribution is 2.67. The summed E-state index contributed by atoms with van der Waals surface area (Å²) in [6.07, 6.45) is 4.39. The Morgan fingerprint density at radius 1 is 1.33 bits per heavy atom. The Morgan fingerprint density at radius 2 is 2.04 bits per heavy atom. The number of aliphatic hydroxyl groups excluding tert-OH is 2. The van der Waals surface area contributed by atoms with E-state index in [1.54, 1.807) is 6.08 Å². The molecule has 0 aromatic heterocycles. The van der Waals surface area contributed by atoms with Gasteiger partial charge in [0.05, 0.1) is 6.10 Å². The van der Waals surface area contributed by atoms with Gasteiger partial charge in [0.1, 0.15) is 12.8 Å². The number of halogens is 1. The molecule has 9 atom stereocenters. The van der Waals surface area contributed by atoms with Crippen molar-refractivity contribution in [1.82, 2.24) is 0 Å². The first-order chi connectivity index (χ1) is 12.6. The van der Waals surface area contributed by atoms with Crippen LogP contribution in [0.25, 0.3) is 0 Å². The molecule has 2 N–H and O–H groups in total. The molecule has 0 radical (unpaired) electrons. The van der Waals surface area contributed by atoms with Gasteiger partial charge in [-0.05, 0) is 60.2 Å². The van der Waals surface area contributed by atoms with Gasteiger partial charge in [-0.1, -0.05) is 26.8 Å². The Labute approximate surface area is 159 Å². The lowest BCUT2D eigenvalue weighted by molar-refractivity contribution is -0.144. The van der Waals surface area contributed by atoms with Gasteiger partial charge in [0.15, 0.2) is 11.6 Å². The summed E-state index contributed by atoms with van der Waals surface area (Å²) < 4.78 is 15.2. The Kier molecular flexibility index (Phi) is 4.28. The minimum Gasteiger partial charge on any atom is -0.393 e. The molecule has 0 aromatic rings. The SMILES string of the molecule is C[C@@H]1C[C@H]2[C@@H]3C[C@H](F)C4=CC(=O)C=C[C@]4(C)[C@H]3[C@H](O)C[C@]2(C)[C@H]1C(=O)CO. The number of fused-ring (bicyclic) bond motifs is 5. The summed E-state index contributed by atoms with van der Waals surface area (Å²) in [6, 6.07) is 0. The van der Waals surface area contributed by atoms with Gasteiger partial charge in [-0.3, -0.25) is 9.59 Å². The fourth-order valence-corrected chi connectivity index (χ4v) is 7.49. The maximum absolute atomic E-state index is 15.2. The highest BCUT2D eigenvalue weighted by atomic mass is 19.1. The van der Waals surface area contributed by atoms with Crippen LogP contribution in [0.1, 0.15) is 40.0 Å². The fraction of sp³-hybridized carbons (Fsp3) is 0.727. The Morgan fingerprint density at radius 3 is 2.70 bits per heavy atom. The number of carbonyl (C=O) groups excluding carboxylic acids is 2. The van der Waals surface area contributed by atoms with Crippen LogP contribution in [0, 0.1) is 40.4 Å². The Bertz CT molecular complexity index is 743. The van der Waals surface area contributed by atoms with Gasteiger partial charge in [-0.2, -0.15) is 0 Å². The fourth-order valence-electron chi connectivity index (χ4n) is 7.49. The van der Waals surface area contributed by atoms with Gasteiger partial charge in [0, 0.05) is 17.3 Å². The minimum absolute atomic E-state index is 0.0484. The van der Waals surface area contributed by atoms with Crippen LogP contribution < -0.4 is 0 Å². The highest BCUT2D eigenvalue weighted by molar-refractivity contribution is 6.01. The van der Waals surface area contributed by atoms with Gasteiger partial charge in [0.2, 0.25) is 0 Å². The van der Waals surface area contributed by atoms with E-state index in [-0.39, 0.29) is 47.6 Å². The van der Waals surface area contributed by atoms with Crippen LogP contribution in [0.2, 0.25) is 0 Å². The summed E-state index contributed by atoms with van der Waals surface area (Å²) >= 11 is 0. The van der Waals surface area contributed by atoms with Gasteiger partial charge in [0.25, 0.3) is 0 Å². The molecule has 0 spiro atoms. The average molecular weight is 376 g/mol. The largest absolute Gasteiger partial charge is 0.393 e. The smallest absolute Gasteiger partial charge is 0.178 e. The van der Waals surface area contributed by atoms with Crippen molar-refractivity contribution in [2.75, 3.05) is 6.61 Å². The minimum atomic E-state index is -1.21. The molecule has 4 rings (SSSR count). The summed E-state index contributed by atoms with van der Waals surface area (Å²) in [4.78, 5) is 24.3. The molecule has 3 saturated carbocycles. The molecule has 0 bridgehead atoms. The van der Waals surface area contributed by atoms with E-state index in [0.717, 1.165) is 6.42 Å². The van der Waals surface area contributed by atoms with Crippen LogP contribution in [0.4, 0.5) is 4.39 Å². The van der Waals surface area contributed by atoms with Crippen molar-refractivity contribution in [2.45, 2.75) is 52.3 Å². The lowest BCUT2D eigenvalue weighted by atomic mass is 9.46. The van der Waals surface area contributed by atoms with Crippen LogP contribution in [0.3, 0.4) is 0 Å². The third-order valence-corrected chi connectivity index (χ3v) is 8.32. The van der Waals surface area contributed by atoms with E-state index < -0.39 is 29.7 Å². The molecule has 4 nitrogen and oxygen atoms in total. The first-order valence-corrected chi connectivity index (χ1v) is 10.0. The molecule has 27 heavy (non-hydrogen) atoms. The van der Waals surface area contributed by atoms with Crippen LogP contribution >= 0.6 is 0 Å². The van der Waals surface area contributed by atoms with E-state index >= 15 is 4.39 Å². The van der Waals surface area contributed by atoms with Crippen LogP contribution in [-0.2, 0) is 9.59 Å². The van der Waals surface area contributed by atoms with Crippen molar-refractivity contribution in [3.05, 3.63) is 23.8 Å². The third kappa shape index (κ3) is 2.47. The molecule has 0 unspecified atom stereocenters. The van der Waals surface area contributed by atoms with E-state index in [1.165, 1.54) is 12.2 Å². The zero-order valence-electron chi connectivity index (χ0n) is 16.2. The van der Waals surface area contributed by atoms with E-state index in [0.29, 0.717) is 12.0 Å². The summed E-state index contributed by atoms with van der Waals surface area (Å²) in [7, 11) is 0. The Hall–Kier alpha value is -1.33. The number of rotatable bonds is 2. The normalized spacial score (nSPS) is 51.3. The maximum Gasteiger partial charge on any atom is 0.178 e. The molecule has 4 aliphatic carbocycles. The maximum atomic E-state index is 15.2. The summed E-state index contributed by atoms with van der Waals surface area (Å²) in [5, 5.41) is 20.6. The van der Waals surface area contributed by atoms with E-state index in [4.69, 9.17) is 0 Å². The van der Waals surface area contributed by atoms with Crippen LogP contribution in [0.15, 0.2) is 23.8 Å². The number of aliphatic hydroxyl groups is 2. The third-order valence-electron chi connectivity index (χ3n) is 8.32. The number of Topliss-reactive ketones (excluding diaryl/α,β-unsaturated/α-hetero) is 1. The molecule has 148 valence electrons. The van der Waals surface area contributed by atoms with Crippen molar-refractivity contribution in [3.8, 4) is 0 Å². The van der Waals surface area contributed by atoms with Crippen molar-refractivity contribution in [3.63, 3.8) is 0 Å². The number of carbonyl (C=O) groups is 2. The molecule has 0 amide bonds. The van der Waals surface area contributed by atoms with E-state index in [1.807, 2.05) is 20.8 Å². The predicted octanol–water partition coefficient (Wildman–Crippen LogP) is 2.64. The zero-order valence-corrected chi connectivity index (χ0v) is 16.2. The molecule has 4 aliphatic rings. The molecule has 0 aromatic carbocycles. The van der Waals surface area contributed by atoms with Crippen LogP contribution in [-0.4, -0.2) is 40.7 Å². The molecule has 0 aliphatic heterocycles. The molecule has 3 fully saturated rings. The summed E-state index contributed by atoms with van der Waals surface area (Å²) in [5.41, 5.74) is -0.599. The molecular formula is C22H29FO4. The number of ketones is 2. The molecule has 0 saturated heterocycles. The van der Waals surface area contributed by atoms with Gasteiger partial charge in [-0.25, -0.2) is 4.39 Å². The lowest BCUT2D eigenvalue weighted by Crippen LogP contribution is -2.58. The average Bonchev–Trinajstić information content (AvgIpc) is 2.85. The van der Waals surface area contributed by atoms with Crippen molar-refractivity contribution >= 4 is 11.6 Å². The monoisotopic (exact) mass is 376 g/mol. The molecule has 5 heteroatoms. The lowest BCUT2D eigenvalue weighted by Gasteiger charge is -2.59. The van der Waals surface area contributed by atoms with Crippen molar-refractivity contribution in [1.29, 1.82) is 0 Å². The topological polar surface area (TPSA) is 74.6 Å². The quantitative estimate of drug-likeness (QED) is 0.777. The summed E-state index contributed by atoms with van der Waals surface area (Å²) in [6.45, 7) is 5.53. The van der Waals surface area contributed by atoms with E-state index in [2.05, 4.69) is 0 Å². The second-order valence-corrected chi connectivity index (χ2v) is 9.71. The van der Waals surface area contributed by atoms with Gasteiger partial charge < -0.3 is 10.2 Å². The predicted molar refractivity (Wildman–Crippen MR) is 98.4 cm³/mol. The number of hydrogen-bond acceptors (Lipinski definition) is 4. The standard InChI is InChI=1S/C22H29FO4/c1-11-6-14-13-8-16(23)15-7-12(25)4-5-21(15,2)20(13)17(26)9-22(14,3)19(11)18(27)10-24/h4-5,7,11,13-14,16-17,19-20,24,26H,6,8-10H2,1-3H3/t11-,13+,14+,16+,17-,19-,20-,21+,22+/m1/s1. The van der Waals surface area contributed by atoms with Crippen molar-refractivity contribution in [2.24, 2.45) is 40.4 Å². The number of allylic oxidation sites excluding steroid dienone is 4. The van der Waals surface area contributed by atoms with Crippen molar-refractivity contribution < 1.29 is 24.2 Å². The first-order valence-electron chi connectivity index (χ1n) is 10.0. The Balaban J connectivity index is 1.77. The van der Waals surface area contributed by atoms with Gasteiger partial charge in [-0.15, -0.1) is 0 Å². The van der Waals surface area contributed by atoms with Gasteiger partial charge >= 0.3 is 0 Å². The first kappa shape index (κ1) is 19.0. The van der Waals surface area contributed by atoms with E-state index in [9.17, 15) is 19.8 Å². The second kappa shape index (κ2) is 6.08.